The first kappa shape index (κ1) is 23.1. The van der Waals surface area contributed by atoms with Gasteiger partial charge in [0.2, 0.25) is 0 Å². The molecule has 0 amide bonds. The summed E-state index contributed by atoms with van der Waals surface area (Å²) >= 11 is 0. The summed E-state index contributed by atoms with van der Waals surface area (Å²) in [5.41, 5.74) is 5.13. The SMILES string of the molecule is O=c1c(Cc2ccccc2)cc(-c2ccccc2)nn1CCCN1CCN(c2ccccc2)CC1. The Labute approximate surface area is 207 Å². The minimum atomic E-state index is 0.0161. The summed E-state index contributed by atoms with van der Waals surface area (Å²) < 4.78 is 1.68. The van der Waals surface area contributed by atoms with E-state index in [1.165, 1.54) is 5.69 Å². The first-order chi connectivity index (χ1) is 17.3. The first-order valence-electron chi connectivity index (χ1n) is 12.5. The molecule has 1 saturated heterocycles. The molecule has 4 aromatic rings. The molecule has 1 aliphatic rings. The van der Waals surface area contributed by atoms with E-state index in [0.717, 1.165) is 61.5 Å². The number of anilines is 1. The Balaban J connectivity index is 1.26. The molecule has 3 aromatic carbocycles. The molecule has 0 saturated carbocycles. The Morgan fingerprint density at radius 2 is 1.34 bits per heavy atom. The maximum atomic E-state index is 13.3. The lowest BCUT2D eigenvalue weighted by Crippen LogP contribution is -2.46. The van der Waals surface area contributed by atoms with Crippen molar-refractivity contribution in [1.29, 1.82) is 0 Å². The topological polar surface area (TPSA) is 41.4 Å². The minimum absolute atomic E-state index is 0.0161. The fourth-order valence-electron chi connectivity index (χ4n) is 4.75. The van der Waals surface area contributed by atoms with Gasteiger partial charge in [-0.05, 0) is 30.2 Å². The molecule has 5 nitrogen and oxygen atoms in total. The van der Waals surface area contributed by atoms with Crippen molar-refractivity contribution in [2.24, 2.45) is 0 Å². The van der Waals surface area contributed by atoms with E-state index in [9.17, 15) is 4.79 Å². The molecule has 178 valence electrons. The summed E-state index contributed by atoms with van der Waals surface area (Å²) in [7, 11) is 0. The highest BCUT2D eigenvalue weighted by Crippen LogP contribution is 2.18. The van der Waals surface area contributed by atoms with Crippen LogP contribution in [0.25, 0.3) is 11.3 Å². The fourth-order valence-corrected chi connectivity index (χ4v) is 4.75. The molecule has 0 spiro atoms. The second kappa shape index (κ2) is 11.2. The molecule has 1 aliphatic heterocycles. The molecule has 0 bridgehead atoms. The predicted octanol–water partition coefficient (Wildman–Crippen LogP) is 4.71. The van der Waals surface area contributed by atoms with Crippen molar-refractivity contribution in [2.45, 2.75) is 19.4 Å². The van der Waals surface area contributed by atoms with Crippen LogP contribution in [0.1, 0.15) is 17.5 Å². The van der Waals surface area contributed by atoms with Crippen molar-refractivity contribution in [3.63, 3.8) is 0 Å². The Bertz CT molecular complexity index is 1260. The molecule has 0 radical (unpaired) electrons. The van der Waals surface area contributed by atoms with E-state index < -0.39 is 0 Å². The van der Waals surface area contributed by atoms with E-state index in [0.29, 0.717) is 13.0 Å². The summed E-state index contributed by atoms with van der Waals surface area (Å²) in [6.45, 7) is 5.75. The molecule has 35 heavy (non-hydrogen) atoms. The van der Waals surface area contributed by atoms with Crippen LogP contribution in [0.5, 0.6) is 0 Å². The van der Waals surface area contributed by atoms with Gasteiger partial charge in [-0.3, -0.25) is 9.69 Å². The van der Waals surface area contributed by atoms with Crippen molar-refractivity contribution in [3.05, 3.63) is 119 Å². The van der Waals surface area contributed by atoms with E-state index in [1.54, 1.807) is 4.68 Å². The monoisotopic (exact) mass is 464 g/mol. The highest BCUT2D eigenvalue weighted by atomic mass is 16.1. The Morgan fingerprint density at radius 1 is 0.714 bits per heavy atom. The minimum Gasteiger partial charge on any atom is -0.369 e. The number of piperazine rings is 1. The summed E-state index contributed by atoms with van der Waals surface area (Å²) in [5, 5.41) is 4.76. The van der Waals surface area contributed by atoms with Crippen LogP contribution in [0.3, 0.4) is 0 Å². The summed E-state index contributed by atoms with van der Waals surface area (Å²) in [4.78, 5) is 18.3. The van der Waals surface area contributed by atoms with Crippen LogP contribution in [0.15, 0.2) is 102 Å². The number of aromatic nitrogens is 2. The Hall–Kier alpha value is -3.70. The number of aryl methyl sites for hydroxylation is 1. The second-order valence-electron chi connectivity index (χ2n) is 9.13. The van der Waals surface area contributed by atoms with E-state index in [4.69, 9.17) is 5.10 Å². The van der Waals surface area contributed by atoms with Crippen molar-refractivity contribution in [1.82, 2.24) is 14.7 Å². The number of para-hydroxylation sites is 1. The molecule has 1 fully saturated rings. The molecule has 0 unspecified atom stereocenters. The number of nitrogens with zero attached hydrogens (tertiary/aromatic N) is 4. The predicted molar refractivity (Wildman–Crippen MR) is 143 cm³/mol. The third-order valence-electron chi connectivity index (χ3n) is 6.69. The zero-order valence-electron chi connectivity index (χ0n) is 20.1. The van der Waals surface area contributed by atoms with Gasteiger partial charge in [0.25, 0.3) is 5.56 Å². The van der Waals surface area contributed by atoms with Crippen LogP contribution in [0.2, 0.25) is 0 Å². The maximum absolute atomic E-state index is 13.3. The third kappa shape index (κ3) is 5.87. The lowest BCUT2D eigenvalue weighted by Gasteiger charge is -2.36. The largest absolute Gasteiger partial charge is 0.369 e. The average molecular weight is 465 g/mol. The number of benzene rings is 3. The number of hydrogen-bond donors (Lipinski definition) is 0. The highest BCUT2D eigenvalue weighted by molar-refractivity contribution is 5.59. The first-order valence-corrected chi connectivity index (χ1v) is 12.5. The van der Waals surface area contributed by atoms with Gasteiger partial charge < -0.3 is 4.90 Å². The standard InChI is InChI=1S/C30H32N4O/c35-30-27(23-25-11-4-1-5-12-25)24-29(26-13-6-2-7-14-26)31-34(30)18-10-17-32-19-21-33(22-20-32)28-15-8-3-9-16-28/h1-9,11-16,24H,10,17-23H2. The molecular formula is C30H32N4O. The van der Waals surface area contributed by atoms with Crippen LogP contribution in [0.4, 0.5) is 5.69 Å². The quantitative estimate of drug-likeness (QED) is 0.379. The molecule has 0 aliphatic carbocycles. The fraction of sp³-hybridized carbons (Fsp3) is 0.267. The van der Waals surface area contributed by atoms with Crippen LogP contribution in [-0.2, 0) is 13.0 Å². The molecule has 2 heterocycles. The lowest BCUT2D eigenvalue weighted by atomic mass is 10.0. The van der Waals surface area contributed by atoms with Gasteiger partial charge in [-0.25, -0.2) is 4.68 Å². The van der Waals surface area contributed by atoms with Gasteiger partial charge in [0.05, 0.1) is 5.69 Å². The van der Waals surface area contributed by atoms with Gasteiger partial charge in [-0.15, -0.1) is 0 Å². The zero-order chi connectivity index (χ0) is 23.9. The van der Waals surface area contributed by atoms with Crippen LogP contribution >= 0.6 is 0 Å². The number of rotatable bonds is 8. The van der Waals surface area contributed by atoms with Crippen molar-refractivity contribution in [3.8, 4) is 11.3 Å². The van der Waals surface area contributed by atoms with Gasteiger partial charge in [0, 0.05) is 62.5 Å². The van der Waals surface area contributed by atoms with E-state index in [1.807, 2.05) is 42.5 Å². The summed E-state index contributed by atoms with van der Waals surface area (Å²) in [5.74, 6) is 0. The molecular weight excluding hydrogens is 432 g/mol. The van der Waals surface area contributed by atoms with Crippen molar-refractivity contribution < 1.29 is 0 Å². The van der Waals surface area contributed by atoms with Crippen molar-refractivity contribution in [2.75, 3.05) is 37.6 Å². The Morgan fingerprint density at radius 3 is 2.03 bits per heavy atom. The van der Waals surface area contributed by atoms with Crippen LogP contribution in [-0.4, -0.2) is 47.4 Å². The summed E-state index contributed by atoms with van der Waals surface area (Å²) in [6, 6.07) is 32.9. The average Bonchev–Trinajstić information content (AvgIpc) is 2.92. The maximum Gasteiger partial charge on any atom is 0.270 e. The summed E-state index contributed by atoms with van der Waals surface area (Å²) in [6.07, 6.45) is 1.52. The smallest absolute Gasteiger partial charge is 0.270 e. The molecule has 5 rings (SSSR count). The normalized spacial score (nSPS) is 14.2. The molecule has 5 heteroatoms. The molecule has 0 atom stereocenters. The molecule has 1 aromatic heterocycles. The second-order valence-corrected chi connectivity index (χ2v) is 9.13. The van der Waals surface area contributed by atoms with Gasteiger partial charge in [-0.1, -0.05) is 78.9 Å². The van der Waals surface area contributed by atoms with Gasteiger partial charge in [-0.2, -0.15) is 5.10 Å². The van der Waals surface area contributed by atoms with E-state index in [2.05, 4.69) is 64.4 Å². The Kier molecular flexibility index (Phi) is 7.35. The van der Waals surface area contributed by atoms with Crippen molar-refractivity contribution >= 4 is 5.69 Å². The number of hydrogen-bond acceptors (Lipinski definition) is 4. The molecule has 0 N–H and O–H groups in total. The zero-order valence-corrected chi connectivity index (χ0v) is 20.1. The van der Waals surface area contributed by atoms with Gasteiger partial charge >= 0.3 is 0 Å². The third-order valence-corrected chi connectivity index (χ3v) is 6.69. The van der Waals surface area contributed by atoms with E-state index >= 15 is 0 Å². The van der Waals surface area contributed by atoms with Crippen LogP contribution < -0.4 is 10.5 Å². The van der Waals surface area contributed by atoms with E-state index in [-0.39, 0.29) is 5.56 Å². The van der Waals surface area contributed by atoms with Gasteiger partial charge in [0.1, 0.15) is 0 Å². The van der Waals surface area contributed by atoms with Gasteiger partial charge in [0.15, 0.2) is 0 Å². The van der Waals surface area contributed by atoms with Crippen LogP contribution in [0, 0.1) is 0 Å². The lowest BCUT2D eigenvalue weighted by molar-refractivity contribution is 0.248. The highest BCUT2D eigenvalue weighted by Gasteiger charge is 2.17.